The van der Waals surface area contributed by atoms with Gasteiger partial charge in [-0.05, 0) is 32.9 Å². The molecule has 0 aliphatic carbocycles. The number of imidazole rings is 1. The molecular weight excluding hydrogens is 442 g/mol. The summed E-state index contributed by atoms with van der Waals surface area (Å²) in [7, 11) is -1.49. The van der Waals surface area contributed by atoms with Crippen molar-refractivity contribution in [2.24, 2.45) is 0 Å². The van der Waals surface area contributed by atoms with Gasteiger partial charge in [0.05, 0.1) is 5.56 Å². The van der Waals surface area contributed by atoms with Crippen molar-refractivity contribution in [3.63, 3.8) is 0 Å². The van der Waals surface area contributed by atoms with Crippen LogP contribution in [-0.2, 0) is 23.2 Å². The van der Waals surface area contributed by atoms with Gasteiger partial charge in [0.25, 0.3) is 16.1 Å². The fourth-order valence-electron chi connectivity index (χ4n) is 5.05. The van der Waals surface area contributed by atoms with Crippen LogP contribution in [0.1, 0.15) is 41.1 Å². The number of carbonyl (C=O) groups is 1. The number of hydrogen-bond acceptors (Lipinski definition) is 6. The van der Waals surface area contributed by atoms with Gasteiger partial charge in [0.2, 0.25) is 0 Å². The number of hydrogen-bond donors (Lipinski definition) is 0. The van der Waals surface area contributed by atoms with Gasteiger partial charge < -0.3 is 14.4 Å². The van der Waals surface area contributed by atoms with Gasteiger partial charge in [-0.3, -0.25) is 4.79 Å². The number of aryl methyl sites for hydroxylation is 3. The highest BCUT2D eigenvalue weighted by molar-refractivity contribution is 7.86. The average Bonchev–Trinajstić information content (AvgIpc) is 2.99. The van der Waals surface area contributed by atoms with Crippen molar-refractivity contribution < 1.29 is 13.2 Å². The van der Waals surface area contributed by atoms with Crippen LogP contribution in [0.3, 0.4) is 0 Å². The van der Waals surface area contributed by atoms with Crippen LogP contribution in [0.4, 0.5) is 0 Å². The summed E-state index contributed by atoms with van der Waals surface area (Å²) in [4.78, 5) is 26.9. The number of rotatable bonds is 3. The first-order chi connectivity index (χ1) is 15.8. The van der Waals surface area contributed by atoms with Gasteiger partial charge >= 0.3 is 0 Å². The predicted octanol–water partition coefficient (Wildman–Crippen LogP) is 0.716. The molecule has 180 valence electrons. The monoisotopic (exact) mass is 475 g/mol. The molecule has 3 aliphatic rings. The van der Waals surface area contributed by atoms with Gasteiger partial charge in [-0.15, -0.1) is 0 Å². The van der Waals surface area contributed by atoms with Gasteiger partial charge in [-0.25, -0.2) is 9.97 Å². The first-order valence-corrected chi connectivity index (χ1v) is 13.3. The molecule has 0 aromatic carbocycles. The van der Waals surface area contributed by atoms with E-state index in [0.29, 0.717) is 50.3 Å². The van der Waals surface area contributed by atoms with Crippen LogP contribution in [0.15, 0.2) is 6.07 Å². The molecule has 5 heterocycles. The third-order valence-electron chi connectivity index (χ3n) is 7.06. The fraction of sp³-hybridized carbons (Fsp3) is 0.682. The normalized spacial score (nSPS) is 21.8. The average molecular weight is 476 g/mol. The lowest BCUT2D eigenvalue weighted by Gasteiger charge is -2.39. The van der Waals surface area contributed by atoms with Crippen LogP contribution in [0.25, 0.3) is 11.2 Å². The number of piperazine rings is 2. The quantitative estimate of drug-likeness (QED) is 0.649. The molecule has 2 aromatic heterocycles. The van der Waals surface area contributed by atoms with E-state index in [4.69, 9.17) is 9.97 Å². The van der Waals surface area contributed by atoms with Crippen LogP contribution < -0.4 is 0 Å². The zero-order valence-corrected chi connectivity index (χ0v) is 20.3. The van der Waals surface area contributed by atoms with Gasteiger partial charge in [0, 0.05) is 71.0 Å². The maximum Gasteiger partial charge on any atom is 0.282 e. The Kier molecular flexibility index (Phi) is 6.15. The summed E-state index contributed by atoms with van der Waals surface area (Å²) >= 11 is 0. The van der Waals surface area contributed by atoms with Gasteiger partial charge in [-0.2, -0.15) is 17.0 Å². The van der Waals surface area contributed by atoms with E-state index in [2.05, 4.69) is 9.47 Å². The number of aromatic nitrogens is 3. The Morgan fingerprint density at radius 3 is 2.24 bits per heavy atom. The Morgan fingerprint density at radius 2 is 1.55 bits per heavy atom. The Morgan fingerprint density at radius 1 is 0.879 bits per heavy atom. The van der Waals surface area contributed by atoms with E-state index in [9.17, 15) is 13.2 Å². The second-order valence-corrected chi connectivity index (χ2v) is 11.3. The molecule has 0 atom stereocenters. The summed E-state index contributed by atoms with van der Waals surface area (Å²) in [5.41, 5.74) is 2.85. The largest absolute Gasteiger partial charge is 0.336 e. The van der Waals surface area contributed by atoms with E-state index >= 15 is 0 Å². The van der Waals surface area contributed by atoms with E-state index < -0.39 is 10.2 Å². The first-order valence-electron chi connectivity index (χ1n) is 11.9. The van der Waals surface area contributed by atoms with Gasteiger partial charge in [0.15, 0.2) is 5.65 Å². The second-order valence-electron chi connectivity index (χ2n) is 9.38. The summed E-state index contributed by atoms with van der Waals surface area (Å²) < 4.78 is 31.4. The topological polar surface area (TPSA) is 94.9 Å². The van der Waals surface area contributed by atoms with E-state index in [0.717, 1.165) is 56.1 Å². The number of pyridine rings is 1. The predicted molar refractivity (Wildman–Crippen MR) is 125 cm³/mol. The van der Waals surface area contributed by atoms with Crippen molar-refractivity contribution in [3.8, 4) is 0 Å². The Hall–Kier alpha value is -2.08. The SMILES string of the molecule is Cc1cc(C(=O)N2CCN(S(=O)(=O)N3CCN(C)CC3)CC2)c2nc3n(c2n1)CCCCC3. The van der Waals surface area contributed by atoms with Gasteiger partial charge in [-0.1, -0.05) is 6.42 Å². The summed E-state index contributed by atoms with van der Waals surface area (Å²) in [6.45, 7) is 6.68. The summed E-state index contributed by atoms with van der Waals surface area (Å²) in [5, 5.41) is 0. The van der Waals surface area contributed by atoms with E-state index in [1.807, 2.05) is 20.0 Å². The number of amides is 1. The highest BCUT2D eigenvalue weighted by Crippen LogP contribution is 2.25. The lowest BCUT2D eigenvalue weighted by molar-refractivity contribution is 0.0694. The summed E-state index contributed by atoms with van der Waals surface area (Å²) in [5.74, 6) is 0.924. The van der Waals surface area contributed by atoms with Crippen molar-refractivity contribution in [2.75, 3.05) is 59.4 Å². The lowest BCUT2D eigenvalue weighted by Crippen LogP contribution is -2.57. The van der Waals surface area contributed by atoms with Crippen LogP contribution in [0.2, 0.25) is 0 Å². The molecule has 0 radical (unpaired) electrons. The molecule has 1 amide bonds. The molecule has 2 saturated heterocycles. The summed E-state index contributed by atoms with van der Waals surface area (Å²) in [6.07, 6.45) is 4.30. The maximum atomic E-state index is 13.5. The molecule has 2 fully saturated rings. The number of fused-ring (bicyclic) bond motifs is 3. The molecule has 11 heteroatoms. The van der Waals surface area contributed by atoms with Crippen molar-refractivity contribution >= 4 is 27.3 Å². The van der Waals surface area contributed by atoms with Crippen molar-refractivity contribution in [1.82, 2.24) is 32.9 Å². The zero-order chi connectivity index (χ0) is 23.2. The molecular formula is C22H33N7O3S. The molecule has 10 nitrogen and oxygen atoms in total. The Labute approximate surface area is 195 Å². The third-order valence-corrected chi connectivity index (χ3v) is 9.10. The standard InChI is InChI=1S/C22H33N7O3S/c1-17-16-18(20-21(23-17)29-7-5-3-4-6-19(29)24-20)22(30)26-10-14-28(15-11-26)33(31,32)27-12-8-25(2)9-13-27/h16H,3-15H2,1-2H3. The number of nitrogens with zero attached hydrogens (tertiary/aromatic N) is 7. The number of carbonyl (C=O) groups excluding carboxylic acids is 1. The minimum Gasteiger partial charge on any atom is -0.336 e. The smallest absolute Gasteiger partial charge is 0.282 e. The molecule has 0 bridgehead atoms. The first kappa shape index (κ1) is 22.7. The van der Waals surface area contributed by atoms with Crippen molar-refractivity contribution in [2.45, 2.75) is 39.2 Å². The molecule has 0 saturated carbocycles. The van der Waals surface area contributed by atoms with E-state index in [-0.39, 0.29) is 5.91 Å². The molecule has 3 aliphatic heterocycles. The Bertz CT molecular complexity index is 1150. The molecule has 0 N–H and O–H groups in total. The fourth-order valence-corrected chi connectivity index (χ4v) is 6.63. The zero-order valence-electron chi connectivity index (χ0n) is 19.5. The second kappa shape index (κ2) is 8.94. The van der Waals surface area contributed by atoms with Crippen molar-refractivity contribution in [1.29, 1.82) is 0 Å². The van der Waals surface area contributed by atoms with Crippen LogP contribution >= 0.6 is 0 Å². The lowest BCUT2D eigenvalue weighted by atomic mass is 10.1. The van der Waals surface area contributed by atoms with E-state index in [1.165, 1.54) is 10.7 Å². The Balaban J connectivity index is 1.33. The minimum absolute atomic E-state index is 0.0876. The van der Waals surface area contributed by atoms with Gasteiger partial charge in [0.1, 0.15) is 11.3 Å². The molecule has 0 unspecified atom stereocenters. The van der Waals surface area contributed by atoms with Crippen LogP contribution in [0, 0.1) is 6.92 Å². The highest BCUT2D eigenvalue weighted by Gasteiger charge is 2.35. The number of likely N-dealkylation sites (N-methyl/N-ethyl adjacent to an activating group) is 1. The summed E-state index contributed by atoms with van der Waals surface area (Å²) in [6, 6.07) is 1.82. The van der Waals surface area contributed by atoms with Crippen molar-refractivity contribution in [3.05, 3.63) is 23.1 Å². The third kappa shape index (κ3) is 4.27. The minimum atomic E-state index is -3.49. The van der Waals surface area contributed by atoms with E-state index in [1.54, 1.807) is 9.21 Å². The highest BCUT2D eigenvalue weighted by atomic mass is 32.2. The molecule has 5 rings (SSSR count). The molecule has 0 spiro atoms. The van der Waals surface area contributed by atoms with Crippen LogP contribution in [-0.4, -0.2) is 107 Å². The maximum absolute atomic E-state index is 13.5. The van der Waals surface area contributed by atoms with Crippen LogP contribution in [0.5, 0.6) is 0 Å². The molecule has 2 aromatic rings. The molecule has 33 heavy (non-hydrogen) atoms.